The molecular formula is C27H34N4O. The van der Waals surface area contributed by atoms with Crippen LogP contribution in [0.1, 0.15) is 60.0 Å². The number of piperidine rings is 1. The molecule has 5 rings (SSSR count). The first-order valence-corrected chi connectivity index (χ1v) is 11.9. The average molecular weight is 431 g/mol. The second kappa shape index (κ2) is 8.36. The molecule has 3 heterocycles. The third-order valence-corrected chi connectivity index (χ3v) is 6.99. The van der Waals surface area contributed by atoms with Gasteiger partial charge in [-0.3, -0.25) is 9.78 Å². The zero-order valence-electron chi connectivity index (χ0n) is 19.7. The number of nitrogens with zero attached hydrogens (tertiary/aromatic N) is 3. The number of benzene rings is 1. The zero-order chi connectivity index (χ0) is 22.4. The van der Waals surface area contributed by atoms with E-state index in [2.05, 4.69) is 54.1 Å². The molecule has 1 aliphatic carbocycles. The first-order valence-electron chi connectivity index (χ1n) is 11.9. The van der Waals surface area contributed by atoms with Gasteiger partial charge in [-0.2, -0.15) is 0 Å². The molecule has 2 aliphatic rings. The Balaban J connectivity index is 1.43. The normalized spacial score (nSPS) is 17.5. The van der Waals surface area contributed by atoms with E-state index in [0.29, 0.717) is 18.4 Å². The highest BCUT2D eigenvalue weighted by Crippen LogP contribution is 2.48. The molecule has 2 fully saturated rings. The van der Waals surface area contributed by atoms with E-state index in [4.69, 9.17) is 0 Å². The Morgan fingerprint density at radius 3 is 2.34 bits per heavy atom. The van der Waals surface area contributed by atoms with Crippen LogP contribution in [-0.4, -0.2) is 59.4 Å². The number of hydrogen-bond donors (Lipinski definition) is 1. The number of amides is 1. The third-order valence-electron chi connectivity index (χ3n) is 6.99. The lowest BCUT2D eigenvalue weighted by Crippen LogP contribution is -2.42. The molecule has 1 amide bonds. The summed E-state index contributed by atoms with van der Waals surface area (Å²) in [6.07, 6.45) is 4.64. The predicted molar refractivity (Wildman–Crippen MR) is 130 cm³/mol. The number of carbonyl (C=O) groups is 1. The van der Waals surface area contributed by atoms with E-state index in [1.807, 2.05) is 23.9 Å². The van der Waals surface area contributed by atoms with Crippen molar-refractivity contribution in [2.75, 3.05) is 33.7 Å². The maximum atomic E-state index is 12.4. The van der Waals surface area contributed by atoms with Gasteiger partial charge in [0.15, 0.2) is 0 Å². The van der Waals surface area contributed by atoms with Gasteiger partial charge in [-0.25, -0.2) is 0 Å². The first-order chi connectivity index (χ1) is 15.4. The van der Waals surface area contributed by atoms with Gasteiger partial charge in [-0.15, -0.1) is 0 Å². The molecule has 1 N–H and O–H groups in total. The van der Waals surface area contributed by atoms with Crippen molar-refractivity contribution in [2.45, 2.75) is 51.4 Å². The number of aryl methyl sites for hydroxylation is 2. The van der Waals surface area contributed by atoms with Crippen LogP contribution in [0.3, 0.4) is 0 Å². The molecule has 1 saturated carbocycles. The van der Waals surface area contributed by atoms with Crippen molar-refractivity contribution in [3.8, 4) is 11.3 Å². The Bertz CT molecular complexity index is 1130. The van der Waals surface area contributed by atoms with Crippen LogP contribution in [0.5, 0.6) is 0 Å². The largest absolute Gasteiger partial charge is 0.354 e. The van der Waals surface area contributed by atoms with E-state index in [1.54, 1.807) is 0 Å². The minimum Gasteiger partial charge on any atom is -0.354 e. The van der Waals surface area contributed by atoms with Crippen molar-refractivity contribution in [3.63, 3.8) is 0 Å². The van der Waals surface area contributed by atoms with Crippen LogP contribution in [0.25, 0.3) is 22.2 Å². The van der Waals surface area contributed by atoms with Crippen molar-refractivity contribution in [1.29, 1.82) is 0 Å². The van der Waals surface area contributed by atoms with E-state index in [0.717, 1.165) is 37.3 Å². The van der Waals surface area contributed by atoms with Crippen LogP contribution in [0, 0.1) is 13.8 Å². The lowest BCUT2D eigenvalue weighted by Gasteiger charge is -2.33. The third kappa shape index (κ3) is 4.18. The number of nitrogens with one attached hydrogen (secondary N) is 1. The number of H-pyrrole nitrogens is 1. The molecule has 0 spiro atoms. The summed E-state index contributed by atoms with van der Waals surface area (Å²) in [5.41, 5.74) is 8.81. The number of hydrogen-bond acceptors (Lipinski definition) is 3. The fraction of sp³-hybridized carbons (Fsp3) is 0.481. The van der Waals surface area contributed by atoms with Gasteiger partial charge < -0.3 is 14.8 Å². The fourth-order valence-corrected chi connectivity index (χ4v) is 5.32. The van der Waals surface area contributed by atoms with Gasteiger partial charge in [0.25, 0.3) is 0 Å². The Hall–Kier alpha value is -2.66. The molecule has 32 heavy (non-hydrogen) atoms. The molecule has 1 aliphatic heterocycles. The molecule has 0 atom stereocenters. The summed E-state index contributed by atoms with van der Waals surface area (Å²) >= 11 is 0. The maximum absolute atomic E-state index is 12.4. The number of aromatic nitrogens is 2. The number of rotatable bonds is 5. The number of fused-ring (bicyclic) bond motifs is 1. The van der Waals surface area contributed by atoms with E-state index in [-0.39, 0.29) is 5.91 Å². The molecule has 5 nitrogen and oxygen atoms in total. The Kier molecular flexibility index (Phi) is 5.54. The van der Waals surface area contributed by atoms with Crippen molar-refractivity contribution in [3.05, 3.63) is 52.8 Å². The number of aromatic amines is 1. The second-order valence-corrected chi connectivity index (χ2v) is 10.0. The molecule has 0 bridgehead atoms. The van der Waals surface area contributed by atoms with Gasteiger partial charge in [0.05, 0.1) is 12.2 Å². The van der Waals surface area contributed by atoms with E-state index < -0.39 is 0 Å². The molecule has 168 valence electrons. The molecule has 1 aromatic carbocycles. The molecule has 1 saturated heterocycles. The first kappa shape index (κ1) is 21.2. The van der Waals surface area contributed by atoms with Gasteiger partial charge >= 0.3 is 0 Å². The van der Waals surface area contributed by atoms with Gasteiger partial charge in [0, 0.05) is 40.9 Å². The van der Waals surface area contributed by atoms with Crippen molar-refractivity contribution in [1.82, 2.24) is 19.8 Å². The van der Waals surface area contributed by atoms with E-state index in [1.165, 1.54) is 46.1 Å². The lowest BCUT2D eigenvalue weighted by molar-refractivity contribution is -0.132. The van der Waals surface area contributed by atoms with Crippen LogP contribution in [0.4, 0.5) is 0 Å². The van der Waals surface area contributed by atoms with Gasteiger partial charge in [-0.1, -0.05) is 6.07 Å². The SMILES string of the molecule is Cc1cc(-c2[nH]c3ccc(C4CCN(C(=O)CN(C)C)CC4)cc3c2C2CC2)cc(C)n1. The zero-order valence-corrected chi connectivity index (χ0v) is 19.7. The van der Waals surface area contributed by atoms with E-state index >= 15 is 0 Å². The lowest BCUT2D eigenvalue weighted by atomic mass is 9.88. The van der Waals surface area contributed by atoms with E-state index in [9.17, 15) is 4.79 Å². The monoisotopic (exact) mass is 430 g/mol. The number of likely N-dealkylation sites (N-methyl/N-ethyl adjacent to an activating group) is 1. The summed E-state index contributed by atoms with van der Waals surface area (Å²) < 4.78 is 0. The summed E-state index contributed by atoms with van der Waals surface area (Å²) in [5.74, 6) is 1.44. The minimum absolute atomic E-state index is 0.248. The topological polar surface area (TPSA) is 52.2 Å². The second-order valence-electron chi connectivity index (χ2n) is 10.0. The summed E-state index contributed by atoms with van der Waals surface area (Å²) in [7, 11) is 3.91. The quantitative estimate of drug-likeness (QED) is 0.620. The highest BCUT2D eigenvalue weighted by Gasteiger charge is 2.31. The van der Waals surface area contributed by atoms with Gasteiger partial charge in [0.1, 0.15) is 0 Å². The minimum atomic E-state index is 0.248. The summed E-state index contributed by atoms with van der Waals surface area (Å²) in [6, 6.07) is 11.4. The predicted octanol–water partition coefficient (Wildman–Crippen LogP) is 4.99. The van der Waals surface area contributed by atoms with Crippen LogP contribution < -0.4 is 0 Å². The molecule has 2 aromatic heterocycles. The van der Waals surface area contributed by atoms with Crippen LogP contribution in [0.2, 0.25) is 0 Å². The van der Waals surface area contributed by atoms with Crippen molar-refractivity contribution < 1.29 is 4.79 Å². The maximum Gasteiger partial charge on any atom is 0.236 e. The van der Waals surface area contributed by atoms with Crippen LogP contribution in [-0.2, 0) is 4.79 Å². The summed E-state index contributed by atoms with van der Waals surface area (Å²) in [6.45, 7) is 6.37. The number of pyridine rings is 1. The molecule has 0 radical (unpaired) electrons. The highest BCUT2D eigenvalue weighted by molar-refractivity contribution is 5.92. The summed E-state index contributed by atoms with van der Waals surface area (Å²) in [4.78, 5) is 24.7. The average Bonchev–Trinajstić information content (AvgIpc) is 3.52. The Morgan fingerprint density at radius 1 is 1.03 bits per heavy atom. The highest BCUT2D eigenvalue weighted by atomic mass is 16.2. The number of likely N-dealkylation sites (tertiary alicyclic amines) is 1. The van der Waals surface area contributed by atoms with Gasteiger partial charge in [-0.05, 0) is 101 Å². The number of carbonyl (C=O) groups excluding carboxylic acids is 1. The molecule has 0 unspecified atom stereocenters. The Labute approximate surface area is 190 Å². The molecule has 5 heteroatoms. The smallest absolute Gasteiger partial charge is 0.236 e. The van der Waals surface area contributed by atoms with Crippen LogP contribution >= 0.6 is 0 Å². The van der Waals surface area contributed by atoms with Crippen LogP contribution in [0.15, 0.2) is 30.3 Å². The fourth-order valence-electron chi connectivity index (χ4n) is 5.32. The molecular weight excluding hydrogens is 396 g/mol. The van der Waals surface area contributed by atoms with Gasteiger partial charge in [0.2, 0.25) is 5.91 Å². The Morgan fingerprint density at radius 2 is 1.72 bits per heavy atom. The molecule has 3 aromatic rings. The standard InChI is InChI=1S/C27H34N4O/c1-17-13-22(14-18(2)28-17)27-26(20-5-6-20)23-15-21(7-8-24(23)29-27)19-9-11-31(12-10-19)25(32)16-30(3)4/h7-8,13-15,19-20,29H,5-6,9-12,16H2,1-4H3. The summed E-state index contributed by atoms with van der Waals surface area (Å²) in [5, 5.41) is 1.39. The van der Waals surface area contributed by atoms with Crippen molar-refractivity contribution >= 4 is 16.8 Å². The van der Waals surface area contributed by atoms with Crippen molar-refractivity contribution in [2.24, 2.45) is 0 Å².